The molecular weight excluding hydrogens is 612 g/mol. The number of hydrogen-bond donors (Lipinski definition) is 3. The molecule has 2 bridgehead atoms. The second kappa shape index (κ2) is 12.2. The highest BCUT2D eigenvalue weighted by Crippen LogP contribution is 2.46. The quantitative estimate of drug-likeness (QED) is 0.167. The van der Waals surface area contributed by atoms with Gasteiger partial charge in [-0.25, -0.2) is 0 Å². The van der Waals surface area contributed by atoms with Gasteiger partial charge in [-0.3, -0.25) is 14.5 Å². The van der Waals surface area contributed by atoms with Crippen LogP contribution in [0.3, 0.4) is 0 Å². The Hall–Kier alpha value is -2.97. The van der Waals surface area contributed by atoms with Crippen LogP contribution in [0, 0.1) is 31.6 Å². The predicted molar refractivity (Wildman–Crippen MR) is 189 cm³/mol. The zero-order valence-corrected chi connectivity index (χ0v) is 29.1. The number of carbonyl (C=O) groups excluding carboxylic acids is 2. The third-order valence-corrected chi connectivity index (χ3v) is 12.3. The van der Waals surface area contributed by atoms with Gasteiger partial charge in [0.05, 0.1) is 17.0 Å². The summed E-state index contributed by atoms with van der Waals surface area (Å²) in [6, 6.07) is 17.2. The van der Waals surface area contributed by atoms with E-state index in [9.17, 15) is 9.59 Å². The lowest BCUT2D eigenvalue weighted by atomic mass is 9.76. The van der Waals surface area contributed by atoms with E-state index in [2.05, 4.69) is 85.5 Å². The largest absolute Gasteiger partial charge is 0.355 e. The highest BCUT2D eigenvalue weighted by molar-refractivity contribution is 7.19. The van der Waals surface area contributed by atoms with Crippen molar-refractivity contribution in [3.8, 4) is 11.3 Å². The molecule has 7 rings (SSSR count). The molecule has 3 aliphatic rings. The number of halogens is 1. The van der Waals surface area contributed by atoms with Crippen LogP contribution < -0.4 is 10.6 Å². The van der Waals surface area contributed by atoms with Gasteiger partial charge in [-0.05, 0) is 100 Å². The Morgan fingerprint density at radius 3 is 2.50 bits per heavy atom. The van der Waals surface area contributed by atoms with Crippen LogP contribution in [-0.4, -0.2) is 53.8 Å². The van der Waals surface area contributed by atoms with Crippen molar-refractivity contribution in [3.05, 3.63) is 80.7 Å². The molecule has 1 amide bonds. The fourth-order valence-corrected chi connectivity index (χ4v) is 9.60. The number of carbonyl (C=O) groups is 2. The minimum absolute atomic E-state index is 0.00328. The molecule has 0 spiro atoms. The minimum Gasteiger partial charge on any atom is -0.355 e. The van der Waals surface area contributed by atoms with Crippen molar-refractivity contribution < 1.29 is 9.59 Å². The number of aromatic amines is 1. The summed E-state index contributed by atoms with van der Waals surface area (Å²) in [4.78, 5) is 35.6. The third-order valence-electron chi connectivity index (χ3n) is 10.7. The smallest absolute Gasteiger partial charge is 0.225 e. The molecule has 2 aromatic carbocycles. The van der Waals surface area contributed by atoms with Crippen LogP contribution in [0.15, 0.2) is 48.5 Å². The number of ketones is 1. The molecular formula is C38H45ClN4O2S. The van der Waals surface area contributed by atoms with Crippen molar-refractivity contribution in [2.45, 2.75) is 71.4 Å². The molecule has 1 aliphatic carbocycles. The molecule has 0 radical (unpaired) electrons. The first kappa shape index (κ1) is 31.6. The van der Waals surface area contributed by atoms with Crippen molar-refractivity contribution >= 4 is 44.8 Å². The van der Waals surface area contributed by atoms with E-state index in [4.69, 9.17) is 11.6 Å². The number of fused-ring (bicyclic) bond motifs is 3. The Kier molecular flexibility index (Phi) is 8.41. The molecule has 3 fully saturated rings. The molecule has 2 saturated heterocycles. The maximum atomic E-state index is 14.0. The van der Waals surface area contributed by atoms with Crippen LogP contribution in [0.25, 0.3) is 21.5 Å². The number of aromatic nitrogens is 1. The van der Waals surface area contributed by atoms with Gasteiger partial charge in [0.1, 0.15) is 10.6 Å². The molecule has 4 heterocycles. The topological polar surface area (TPSA) is 77.2 Å². The Labute approximate surface area is 281 Å². The van der Waals surface area contributed by atoms with Gasteiger partial charge in [0.2, 0.25) is 5.91 Å². The maximum absolute atomic E-state index is 14.0. The molecule has 242 valence electrons. The lowest BCUT2D eigenvalue weighted by Crippen LogP contribution is -2.53. The molecule has 8 heteroatoms. The van der Waals surface area contributed by atoms with Gasteiger partial charge in [0, 0.05) is 59.3 Å². The van der Waals surface area contributed by atoms with Crippen LogP contribution in [0.4, 0.5) is 0 Å². The van der Waals surface area contributed by atoms with Gasteiger partial charge in [-0.15, -0.1) is 11.3 Å². The summed E-state index contributed by atoms with van der Waals surface area (Å²) in [5, 5.41) is 8.77. The highest BCUT2D eigenvalue weighted by Gasteiger charge is 2.50. The predicted octanol–water partition coefficient (Wildman–Crippen LogP) is 7.36. The van der Waals surface area contributed by atoms with E-state index in [0.717, 1.165) is 65.0 Å². The summed E-state index contributed by atoms with van der Waals surface area (Å²) < 4.78 is 0. The van der Waals surface area contributed by atoms with Gasteiger partial charge in [-0.1, -0.05) is 47.9 Å². The van der Waals surface area contributed by atoms with Crippen molar-refractivity contribution in [3.63, 3.8) is 0 Å². The number of H-pyrrole nitrogens is 1. The molecule has 4 aromatic rings. The highest BCUT2D eigenvalue weighted by atomic mass is 35.5. The summed E-state index contributed by atoms with van der Waals surface area (Å²) in [6.45, 7) is 14.5. The summed E-state index contributed by atoms with van der Waals surface area (Å²) in [7, 11) is 0. The average molecular weight is 657 g/mol. The monoisotopic (exact) mass is 656 g/mol. The lowest BCUT2D eigenvalue weighted by molar-refractivity contribution is -0.130. The van der Waals surface area contributed by atoms with Gasteiger partial charge in [0.25, 0.3) is 0 Å². The van der Waals surface area contributed by atoms with Crippen molar-refractivity contribution in [1.82, 2.24) is 20.5 Å². The molecule has 2 aliphatic heterocycles. The minimum atomic E-state index is -0.557. The molecule has 4 atom stereocenters. The Bertz CT molecular complexity index is 1760. The second-order valence-electron chi connectivity index (χ2n) is 14.7. The first-order valence-electron chi connectivity index (χ1n) is 16.7. The van der Waals surface area contributed by atoms with E-state index in [1.54, 1.807) is 11.3 Å². The molecule has 6 nitrogen and oxygen atoms in total. The number of benzene rings is 2. The second-order valence-corrected chi connectivity index (χ2v) is 16.2. The summed E-state index contributed by atoms with van der Waals surface area (Å²) >= 11 is 7.87. The molecule has 3 unspecified atom stereocenters. The Morgan fingerprint density at radius 1 is 1.09 bits per heavy atom. The van der Waals surface area contributed by atoms with E-state index < -0.39 is 5.41 Å². The summed E-state index contributed by atoms with van der Waals surface area (Å²) in [5.41, 5.74) is 6.54. The lowest BCUT2D eigenvalue weighted by Gasteiger charge is -2.38. The van der Waals surface area contributed by atoms with Crippen molar-refractivity contribution in [2.24, 2.45) is 17.8 Å². The molecule has 1 saturated carbocycles. The average Bonchev–Trinajstić information content (AvgIpc) is 3.76. The molecule has 3 N–H and O–H groups in total. The number of piperidine rings is 1. The SMILES string of the molecule is Cc1cc(C)cc(-c2[nH]c3sc(C(C)(C)C(=O)C4C5CCC4NC5)cc3c2[C@H](C)CNC(=O)C2CN(Cc3cccc(Cl)c3)C2)c1. The van der Waals surface area contributed by atoms with Crippen LogP contribution in [0.5, 0.6) is 0 Å². The molecule has 2 aromatic heterocycles. The first-order chi connectivity index (χ1) is 22.0. The van der Waals surface area contributed by atoms with E-state index in [1.165, 1.54) is 27.6 Å². The van der Waals surface area contributed by atoms with Crippen LogP contribution in [0.2, 0.25) is 5.02 Å². The van der Waals surface area contributed by atoms with Gasteiger partial charge >= 0.3 is 0 Å². The number of rotatable bonds is 10. The van der Waals surface area contributed by atoms with Gasteiger partial charge < -0.3 is 15.6 Å². The number of aryl methyl sites for hydroxylation is 2. The van der Waals surface area contributed by atoms with Crippen molar-refractivity contribution in [1.29, 1.82) is 0 Å². The Morgan fingerprint density at radius 2 is 1.85 bits per heavy atom. The zero-order valence-electron chi connectivity index (χ0n) is 27.5. The fourth-order valence-electron chi connectivity index (χ4n) is 8.20. The number of nitrogens with zero attached hydrogens (tertiary/aromatic N) is 1. The van der Waals surface area contributed by atoms with Gasteiger partial charge in [0.15, 0.2) is 0 Å². The number of hydrogen-bond acceptors (Lipinski definition) is 5. The maximum Gasteiger partial charge on any atom is 0.225 e. The van der Waals surface area contributed by atoms with Crippen LogP contribution >= 0.6 is 22.9 Å². The molecule has 46 heavy (non-hydrogen) atoms. The zero-order chi connectivity index (χ0) is 32.3. The van der Waals surface area contributed by atoms with Gasteiger partial charge in [-0.2, -0.15) is 0 Å². The van der Waals surface area contributed by atoms with E-state index >= 15 is 0 Å². The number of thiophene rings is 1. The van der Waals surface area contributed by atoms with E-state index in [1.807, 2.05) is 18.2 Å². The van der Waals surface area contributed by atoms with Crippen LogP contribution in [-0.2, 0) is 21.5 Å². The van der Waals surface area contributed by atoms with Crippen molar-refractivity contribution in [2.75, 3.05) is 26.2 Å². The number of amides is 1. The number of nitrogens with one attached hydrogen (secondary N) is 3. The third kappa shape index (κ3) is 5.85. The first-order valence-corrected chi connectivity index (χ1v) is 17.9. The summed E-state index contributed by atoms with van der Waals surface area (Å²) in [6.07, 6.45) is 2.26. The number of likely N-dealkylation sites (tertiary alicyclic amines) is 1. The number of Topliss-reactive ketones (excluding diaryl/α,β-unsaturated/α-hetero) is 1. The summed E-state index contributed by atoms with van der Waals surface area (Å²) in [5.74, 6) is 1.14. The van der Waals surface area contributed by atoms with E-state index in [-0.39, 0.29) is 23.7 Å². The normalized spacial score (nSPS) is 22.3. The standard InChI is InChI=1S/C38H45ClN4O2S/c1-21-11-22(2)13-26(12-21)34-32(23(3)16-41-36(45)27-19-43(20-27)18-24-7-6-8-28(39)14-24)29-15-31(46-37(29)42-34)38(4,5)35(44)33-25-9-10-30(33)40-17-25/h6-8,11-15,23,25,27,30,33,40,42H,9-10,16-20H2,1-5H3,(H,41,45)/t23-,25?,30?,33?/m1/s1. The van der Waals surface area contributed by atoms with E-state index in [0.29, 0.717) is 24.3 Å². The van der Waals surface area contributed by atoms with Crippen LogP contribution in [0.1, 0.15) is 66.7 Å². The fraction of sp³-hybridized carbons (Fsp3) is 0.474. The Balaban J connectivity index is 1.11.